The van der Waals surface area contributed by atoms with Crippen LogP contribution in [0.3, 0.4) is 0 Å². The molecular formula is C16H17NO3S. The van der Waals surface area contributed by atoms with Crippen LogP contribution in [-0.2, 0) is 11.2 Å². The molecule has 0 saturated heterocycles. The van der Waals surface area contributed by atoms with E-state index in [9.17, 15) is 9.59 Å². The van der Waals surface area contributed by atoms with Gasteiger partial charge in [-0.15, -0.1) is 11.3 Å². The van der Waals surface area contributed by atoms with E-state index < -0.39 is 0 Å². The van der Waals surface area contributed by atoms with E-state index in [1.807, 2.05) is 18.4 Å². The second-order valence-corrected chi connectivity index (χ2v) is 6.22. The molecule has 0 spiro atoms. The minimum absolute atomic E-state index is 0.110. The Bertz CT molecular complexity index is 685. The lowest BCUT2D eigenvalue weighted by Crippen LogP contribution is -2.17. The number of Topliss-reactive ketones (excluding diaryl/α,β-unsaturated/α-hetero) is 1. The highest BCUT2D eigenvalue weighted by Gasteiger charge is 2.32. The number of carbonyl (C=O) groups is 2. The van der Waals surface area contributed by atoms with Crippen molar-refractivity contribution in [3.05, 3.63) is 44.9 Å². The number of aromatic amines is 1. The maximum absolute atomic E-state index is 12.4. The van der Waals surface area contributed by atoms with E-state index in [0.29, 0.717) is 24.3 Å². The van der Waals surface area contributed by atoms with E-state index >= 15 is 0 Å². The largest absolute Gasteiger partial charge is 0.461 e. The van der Waals surface area contributed by atoms with Crippen LogP contribution in [0.2, 0.25) is 0 Å². The second kappa shape index (κ2) is 5.48. The zero-order valence-electron chi connectivity index (χ0n) is 12.1. The molecule has 0 aliphatic heterocycles. The minimum atomic E-state index is -0.384. The van der Waals surface area contributed by atoms with Crippen molar-refractivity contribution in [2.75, 3.05) is 6.61 Å². The van der Waals surface area contributed by atoms with Gasteiger partial charge in [0.05, 0.1) is 6.61 Å². The van der Waals surface area contributed by atoms with Gasteiger partial charge in [0.1, 0.15) is 5.69 Å². The van der Waals surface area contributed by atoms with Crippen LogP contribution in [0, 0.1) is 6.92 Å². The third-order valence-corrected chi connectivity index (χ3v) is 4.95. The van der Waals surface area contributed by atoms with E-state index in [1.165, 1.54) is 4.88 Å². The summed E-state index contributed by atoms with van der Waals surface area (Å²) in [6.45, 7) is 3.91. The zero-order valence-corrected chi connectivity index (χ0v) is 12.9. The number of fused-ring (bicyclic) bond motifs is 1. The molecule has 1 aliphatic carbocycles. The van der Waals surface area contributed by atoms with Crippen molar-refractivity contribution in [2.24, 2.45) is 0 Å². The SMILES string of the molecule is CCOC(=O)c1[nH]c2c(c1C)C(=O)C[C@@H](c1cccs1)C2. The van der Waals surface area contributed by atoms with Crippen molar-refractivity contribution in [3.63, 3.8) is 0 Å². The van der Waals surface area contributed by atoms with Gasteiger partial charge in [-0.1, -0.05) is 6.07 Å². The first-order valence-corrected chi connectivity index (χ1v) is 7.95. The highest BCUT2D eigenvalue weighted by Crippen LogP contribution is 2.36. The molecule has 0 amide bonds. The lowest BCUT2D eigenvalue weighted by Gasteiger charge is -2.20. The average molecular weight is 303 g/mol. The Balaban J connectivity index is 1.96. The first-order chi connectivity index (χ1) is 10.1. The number of nitrogens with one attached hydrogen (secondary N) is 1. The van der Waals surface area contributed by atoms with Crippen LogP contribution in [0.15, 0.2) is 17.5 Å². The maximum atomic E-state index is 12.4. The van der Waals surface area contributed by atoms with Gasteiger partial charge in [-0.25, -0.2) is 4.79 Å². The summed E-state index contributed by atoms with van der Waals surface area (Å²) in [6, 6.07) is 4.07. The minimum Gasteiger partial charge on any atom is -0.461 e. The van der Waals surface area contributed by atoms with Crippen LogP contribution in [0.1, 0.15) is 56.2 Å². The molecule has 0 fully saturated rings. The molecule has 0 unspecified atom stereocenters. The number of aromatic nitrogens is 1. The molecular weight excluding hydrogens is 286 g/mol. The molecule has 2 heterocycles. The smallest absolute Gasteiger partial charge is 0.355 e. The fourth-order valence-corrected chi connectivity index (χ4v) is 3.80. The summed E-state index contributed by atoms with van der Waals surface area (Å²) in [5, 5.41) is 2.03. The van der Waals surface area contributed by atoms with Crippen LogP contribution >= 0.6 is 11.3 Å². The Morgan fingerprint density at radius 2 is 2.29 bits per heavy atom. The van der Waals surface area contributed by atoms with Crippen LogP contribution in [0.4, 0.5) is 0 Å². The van der Waals surface area contributed by atoms with Crippen LogP contribution < -0.4 is 0 Å². The molecule has 0 saturated carbocycles. The fourth-order valence-electron chi connectivity index (χ4n) is 2.97. The number of carbonyl (C=O) groups excluding carboxylic acids is 2. The third-order valence-electron chi connectivity index (χ3n) is 3.91. The summed E-state index contributed by atoms with van der Waals surface area (Å²) in [6.07, 6.45) is 1.27. The Morgan fingerprint density at radius 1 is 1.48 bits per heavy atom. The summed E-state index contributed by atoms with van der Waals surface area (Å²) in [5.74, 6) is -0.0677. The zero-order chi connectivity index (χ0) is 15.0. The topological polar surface area (TPSA) is 59.2 Å². The summed E-state index contributed by atoms with van der Waals surface area (Å²) in [7, 11) is 0. The maximum Gasteiger partial charge on any atom is 0.355 e. The van der Waals surface area contributed by atoms with E-state index in [2.05, 4.69) is 11.1 Å². The van der Waals surface area contributed by atoms with Gasteiger partial charge < -0.3 is 9.72 Å². The first kappa shape index (κ1) is 14.1. The highest BCUT2D eigenvalue weighted by molar-refractivity contribution is 7.10. The number of H-pyrrole nitrogens is 1. The molecule has 0 aromatic carbocycles. The van der Waals surface area contributed by atoms with Gasteiger partial charge >= 0.3 is 5.97 Å². The Kier molecular flexibility index (Phi) is 3.68. The van der Waals surface area contributed by atoms with Gasteiger partial charge in [0.25, 0.3) is 0 Å². The Hall–Kier alpha value is -1.88. The highest BCUT2D eigenvalue weighted by atomic mass is 32.1. The molecule has 4 nitrogen and oxygen atoms in total. The van der Waals surface area contributed by atoms with Crippen molar-refractivity contribution in [2.45, 2.75) is 32.6 Å². The van der Waals surface area contributed by atoms with Gasteiger partial charge in [-0.05, 0) is 37.3 Å². The molecule has 0 radical (unpaired) electrons. The van der Waals surface area contributed by atoms with Gasteiger partial charge in [-0.3, -0.25) is 4.79 Å². The van der Waals surface area contributed by atoms with Crippen molar-refractivity contribution in [3.8, 4) is 0 Å². The van der Waals surface area contributed by atoms with Crippen molar-refractivity contribution in [1.29, 1.82) is 0 Å². The van der Waals surface area contributed by atoms with E-state index in [-0.39, 0.29) is 17.7 Å². The predicted octanol–water partition coefficient (Wildman–Crippen LogP) is 3.47. The van der Waals surface area contributed by atoms with Crippen LogP contribution in [-0.4, -0.2) is 23.3 Å². The summed E-state index contributed by atoms with van der Waals surface area (Å²) < 4.78 is 5.04. The molecule has 1 aliphatic rings. The average Bonchev–Trinajstić information content (AvgIpc) is 3.07. The van der Waals surface area contributed by atoms with E-state index in [4.69, 9.17) is 4.74 Å². The van der Waals surface area contributed by atoms with E-state index in [0.717, 1.165) is 17.7 Å². The monoisotopic (exact) mass is 303 g/mol. The fraction of sp³-hybridized carbons (Fsp3) is 0.375. The molecule has 2 aromatic heterocycles. The molecule has 2 aromatic rings. The molecule has 1 atom stereocenters. The van der Waals surface area contributed by atoms with Gasteiger partial charge in [-0.2, -0.15) is 0 Å². The van der Waals surface area contributed by atoms with Crippen molar-refractivity contribution < 1.29 is 14.3 Å². The quantitative estimate of drug-likeness (QED) is 0.883. The lowest BCUT2D eigenvalue weighted by molar-refractivity contribution is 0.0519. The Labute approximate surface area is 127 Å². The number of rotatable bonds is 3. The third kappa shape index (κ3) is 2.42. The summed E-state index contributed by atoms with van der Waals surface area (Å²) in [5.41, 5.74) is 2.69. The normalized spacial score (nSPS) is 17.6. The second-order valence-electron chi connectivity index (χ2n) is 5.24. The van der Waals surface area contributed by atoms with E-state index in [1.54, 1.807) is 18.3 Å². The molecule has 21 heavy (non-hydrogen) atoms. The number of thiophene rings is 1. The lowest BCUT2D eigenvalue weighted by atomic mass is 9.84. The number of hydrogen-bond donors (Lipinski definition) is 1. The van der Waals surface area contributed by atoms with Crippen LogP contribution in [0.25, 0.3) is 0 Å². The van der Waals surface area contributed by atoms with Gasteiger partial charge in [0.2, 0.25) is 0 Å². The molecule has 1 N–H and O–H groups in total. The molecule has 3 rings (SSSR count). The number of ether oxygens (including phenoxy) is 1. The summed E-state index contributed by atoms with van der Waals surface area (Å²) in [4.78, 5) is 28.7. The number of ketones is 1. The summed E-state index contributed by atoms with van der Waals surface area (Å²) >= 11 is 1.67. The molecule has 5 heteroatoms. The Morgan fingerprint density at radius 3 is 2.95 bits per heavy atom. The number of esters is 1. The molecule has 110 valence electrons. The van der Waals surface area contributed by atoms with Gasteiger partial charge in [0.15, 0.2) is 5.78 Å². The van der Waals surface area contributed by atoms with Crippen LogP contribution in [0.5, 0.6) is 0 Å². The van der Waals surface area contributed by atoms with Crippen molar-refractivity contribution in [1.82, 2.24) is 4.98 Å². The first-order valence-electron chi connectivity index (χ1n) is 7.07. The molecule has 0 bridgehead atoms. The predicted molar refractivity (Wildman–Crippen MR) is 81.2 cm³/mol. The van der Waals surface area contributed by atoms with Gasteiger partial charge in [0, 0.05) is 28.5 Å². The standard InChI is InChI=1S/C16H17NO3S/c1-3-20-16(19)15-9(2)14-11(17-15)7-10(8-12(14)18)13-5-4-6-21-13/h4-6,10,17H,3,7-8H2,1-2H3/t10-/m0/s1. The van der Waals surface area contributed by atoms with Crippen molar-refractivity contribution >= 4 is 23.1 Å². The number of hydrogen-bond acceptors (Lipinski definition) is 4.